The van der Waals surface area contributed by atoms with E-state index in [0.29, 0.717) is 40.5 Å². The summed E-state index contributed by atoms with van der Waals surface area (Å²) in [5, 5.41) is 10.6. The van der Waals surface area contributed by atoms with Crippen molar-refractivity contribution in [2.24, 2.45) is 0 Å². The topological polar surface area (TPSA) is 101 Å². The van der Waals surface area contributed by atoms with Gasteiger partial charge in [0.2, 0.25) is 0 Å². The summed E-state index contributed by atoms with van der Waals surface area (Å²) in [5.41, 5.74) is 11.3. The number of hydrogen-bond donors (Lipinski definition) is 0. The maximum atomic E-state index is 10.6. The van der Waals surface area contributed by atoms with Crippen molar-refractivity contribution in [1.29, 1.82) is 5.26 Å². The Labute approximate surface area is 359 Å². The molecule has 0 aliphatic heterocycles. The summed E-state index contributed by atoms with van der Waals surface area (Å²) < 4.78 is 0. The molecule has 0 atom stereocenters. The summed E-state index contributed by atoms with van der Waals surface area (Å²) in [7, 11) is 0. The fourth-order valence-corrected chi connectivity index (χ4v) is 7.65. The molecule has 10 rings (SSSR count). The Balaban J connectivity index is 1.08. The van der Waals surface area contributed by atoms with Crippen molar-refractivity contribution >= 4 is 0 Å². The van der Waals surface area contributed by atoms with Crippen LogP contribution in [0.1, 0.15) is 5.56 Å². The molecule has 62 heavy (non-hydrogen) atoms. The van der Waals surface area contributed by atoms with Crippen LogP contribution in [0.15, 0.2) is 212 Å². The third kappa shape index (κ3) is 7.63. The van der Waals surface area contributed by atoms with Crippen LogP contribution in [-0.2, 0) is 0 Å². The van der Waals surface area contributed by atoms with Crippen molar-refractivity contribution in [2.45, 2.75) is 0 Å². The van der Waals surface area contributed by atoms with E-state index in [1.165, 1.54) is 0 Å². The minimum Gasteiger partial charge on any atom is -0.208 e. The van der Waals surface area contributed by atoms with Crippen molar-refractivity contribution < 1.29 is 0 Å². The van der Waals surface area contributed by atoms with Crippen molar-refractivity contribution in [2.75, 3.05) is 0 Å². The fourth-order valence-electron chi connectivity index (χ4n) is 7.65. The quantitative estimate of drug-likeness (QED) is 0.143. The summed E-state index contributed by atoms with van der Waals surface area (Å²) in [6.45, 7) is 0. The molecule has 0 saturated heterocycles. The third-order valence-electron chi connectivity index (χ3n) is 10.6. The smallest absolute Gasteiger partial charge is 0.164 e. The molecule has 0 aliphatic carbocycles. The maximum absolute atomic E-state index is 10.6. The van der Waals surface area contributed by atoms with Gasteiger partial charge in [-0.25, -0.2) is 29.9 Å². The molecule has 0 N–H and O–H groups in total. The highest BCUT2D eigenvalue weighted by Gasteiger charge is 2.20. The van der Waals surface area contributed by atoms with Crippen LogP contribution in [0, 0.1) is 11.3 Å². The number of nitrogens with zero attached hydrogens (tertiary/aromatic N) is 7. The van der Waals surface area contributed by atoms with Gasteiger partial charge in [0.15, 0.2) is 34.9 Å². The van der Waals surface area contributed by atoms with Crippen molar-refractivity contribution in [3.8, 4) is 108 Å². The zero-order valence-electron chi connectivity index (χ0n) is 33.3. The molecular weight excluding hydrogens is 759 g/mol. The van der Waals surface area contributed by atoms with Crippen molar-refractivity contribution in [3.63, 3.8) is 0 Å². The molecule has 0 unspecified atom stereocenters. The predicted molar refractivity (Wildman–Crippen MR) is 247 cm³/mol. The van der Waals surface area contributed by atoms with Crippen LogP contribution < -0.4 is 0 Å². The van der Waals surface area contributed by atoms with Gasteiger partial charge in [0.25, 0.3) is 0 Å². The highest BCUT2D eigenvalue weighted by molar-refractivity contribution is 5.94. The van der Waals surface area contributed by atoms with E-state index in [1.54, 1.807) is 0 Å². The van der Waals surface area contributed by atoms with Crippen LogP contribution in [0.3, 0.4) is 0 Å². The third-order valence-corrected chi connectivity index (χ3v) is 10.6. The molecule has 0 amide bonds. The Kier molecular flexibility index (Phi) is 10.2. The van der Waals surface area contributed by atoms with Gasteiger partial charge in [-0.1, -0.05) is 194 Å². The second-order valence-corrected chi connectivity index (χ2v) is 14.6. The molecule has 0 saturated carbocycles. The van der Waals surface area contributed by atoms with Crippen LogP contribution in [0.4, 0.5) is 0 Å². The summed E-state index contributed by atoms with van der Waals surface area (Å²) in [5.74, 6) is 3.48. The number of rotatable bonds is 9. The lowest BCUT2D eigenvalue weighted by Gasteiger charge is -2.17. The molecule has 8 aromatic carbocycles. The highest BCUT2D eigenvalue weighted by Crippen LogP contribution is 2.41. The van der Waals surface area contributed by atoms with E-state index in [1.807, 2.05) is 170 Å². The zero-order valence-corrected chi connectivity index (χ0v) is 33.3. The normalized spacial score (nSPS) is 10.9. The Morgan fingerprint density at radius 3 is 1.05 bits per heavy atom. The summed E-state index contributed by atoms with van der Waals surface area (Å²) in [6, 6.07) is 72.9. The Hall–Kier alpha value is -8.73. The fraction of sp³-hybridized carbons (Fsp3) is 0. The van der Waals surface area contributed by atoms with Crippen LogP contribution in [-0.4, -0.2) is 29.9 Å². The molecular formula is C55H35N7. The van der Waals surface area contributed by atoms with Gasteiger partial charge in [0.1, 0.15) is 0 Å². The Morgan fingerprint density at radius 2 is 0.581 bits per heavy atom. The molecule has 2 aromatic heterocycles. The molecule has 7 nitrogen and oxygen atoms in total. The number of nitriles is 1. The summed E-state index contributed by atoms with van der Waals surface area (Å²) in [4.78, 5) is 29.9. The molecule has 0 aliphatic rings. The molecule has 2 heterocycles. The number of hydrogen-bond acceptors (Lipinski definition) is 7. The van der Waals surface area contributed by atoms with Gasteiger partial charge in [-0.05, 0) is 46.0 Å². The monoisotopic (exact) mass is 793 g/mol. The molecule has 0 radical (unpaired) electrons. The van der Waals surface area contributed by atoms with Crippen LogP contribution >= 0.6 is 0 Å². The first-order chi connectivity index (χ1) is 30.7. The van der Waals surface area contributed by atoms with E-state index < -0.39 is 0 Å². The summed E-state index contributed by atoms with van der Waals surface area (Å²) >= 11 is 0. The van der Waals surface area contributed by atoms with E-state index >= 15 is 0 Å². The molecule has 7 heteroatoms. The largest absolute Gasteiger partial charge is 0.208 e. The van der Waals surface area contributed by atoms with E-state index in [4.69, 9.17) is 29.9 Å². The lowest BCUT2D eigenvalue weighted by molar-refractivity contribution is 1.07. The second-order valence-electron chi connectivity index (χ2n) is 14.6. The van der Waals surface area contributed by atoms with E-state index in [0.717, 1.165) is 66.8 Å². The van der Waals surface area contributed by atoms with Gasteiger partial charge in [-0.15, -0.1) is 0 Å². The van der Waals surface area contributed by atoms with Crippen LogP contribution in [0.5, 0.6) is 0 Å². The second kappa shape index (κ2) is 16.9. The Morgan fingerprint density at radius 1 is 0.258 bits per heavy atom. The van der Waals surface area contributed by atoms with E-state index in [-0.39, 0.29) is 0 Å². The molecule has 0 fully saturated rings. The number of aromatic nitrogens is 6. The van der Waals surface area contributed by atoms with Crippen LogP contribution in [0.2, 0.25) is 0 Å². The van der Waals surface area contributed by atoms with Gasteiger partial charge < -0.3 is 0 Å². The first-order valence-electron chi connectivity index (χ1n) is 20.3. The van der Waals surface area contributed by atoms with Gasteiger partial charge in [0.05, 0.1) is 11.6 Å². The highest BCUT2D eigenvalue weighted by atomic mass is 15.0. The SMILES string of the molecule is N#Cc1cccc(-c2ccccc2-c2nc(-c3ccccc3)nc(-c3ccccc3)n2)c1-c1cccc(-c2cccc(-c3nc(-c4ccccc4)nc(-c4ccccc4)n3)c2)c1. The van der Waals surface area contributed by atoms with Gasteiger partial charge >= 0.3 is 0 Å². The average Bonchev–Trinajstić information content (AvgIpc) is 3.37. The molecule has 0 spiro atoms. The lowest BCUT2D eigenvalue weighted by atomic mass is 9.87. The van der Waals surface area contributed by atoms with Crippen molar-refractivity contribution in [1.82, 2.24) is 29.9 Å². The minimum atomic E-state index is 0.538. The standard InChI is InChI=1S/C55H35N7/c56-36-45-30-17-33-47(46-31-13-14-32-48(46)55-61-52(39-22-9-3-10-23-39)58-53(62-55)40-24-11-4-12-25-40)49(45)43-28-15-26-41(34-43)42-27-16-29-44(35-42)54-59-50(37-18-5-1-6-19-37)57-51(60-54)38-20-7-2-8-21-38/h1-35H. The van der Waals surface area contributed by atoms with Crippen molar-refractivity contribution in [3.05, 3.63) is 218 Å². The van der Waals surface area contributed by atoms with Gasteiger partial charge in [0, 0.05) is 38.9 Å². The average molecular weight is 794 g/mol. The molecule has 10 aromatic rings. The van der Waals surface area contributed by atoms with Gasteiger partial charge in [-0.2, -0.15) is 5.26 Å². The Bertz CT molecular complexity index is 3120. The van der Waals surface area contributed by atoms with Gasteiger partial charge in [-0.3, -0.25) is 0 Å². The molecule has 0 bridgehead atoms. The van der Waals surface area contributed by atoms with E-state index in [9.17, 15) is 5.26 Å². The zero-order chi connectivity index (χ0) is 41.7. The predicted octanol–water partition coefficient (Wildman–Crippen LogP) is 12.9. The maximum Gasteiger partial charge on any atom is 0.164 e. The summed E-state index contributed by atoms with van der Waals surface area (Å²) in [6.07, 6.45) is 0. The van der Waals surface area contributed by atoms with Crippen LogP contribution in [0.25, 0.3) is 102 Å². The van der Waals surface area contributed by atoms with E-state index in [2.05, 4.69) is 48.5 Å². The minimum absolute atomic E-state index is 0.538. The first-order valence-corrected chi connectivity index (χ1v) is 20.3. The lowest BCUT2D eigenvalue weighted by Crippen LogP contribution is -2.01. The number of benzene rings is 8. The molecule has 290 valence electrons. The first kappa shape index (κ1) is 37.5.